The van der Waals surface area contributed by atoms with E-state index in [-0.39, 0.29) is 5.84 Å². The predicted octanol–water partition coefficient (Wildman–Crippen LogP) is 2.35. The van der Waals surface area contributed by atoms with Crippen molar-refractivity contribution in [2.24, 2.45) is 10.9 Å². The molecule has 0 aliphatic rings. The number of aromatic nitrogens is 1. The van der Waals surface area contributed by atoms with E-state index < -0.39 is 5.97 Å². The highest BCUT2D eigenvalue weighted by Gasteiger charge is 2.08. The van der Waals surface area contributed by atoms with Crippen LogP contribution in [0.5, 0.6) is 5.75 Å². The molecule has 0 radical (unpaired) electrons. The van der Waals surface area contributed by atoms with Crippen LogP contribution in [0.3, 0.4) is 0 Å². The lowest BCUT2D eigenvalue weighted by Gasteiger charge is -2.05. The number of hydrogen-bond donors (Lipinski definition) is 1. The van der Waals surface area contributed by atoms with Gasteiger partial charge in [-0.1, -0.05) is 12.1 Å². The van der Waals surface area contributed by atoms with Crippen LogP contribution in [0.2, 0.25) is 0 Å². The number of carbonyl (C=O) groups excluding carboxylic acids is 1. The van der Waals surface area contributed by atoms with Crippen LogP contribution >= 0.6 is 0 Å². The highest BCUT2D eigenvalue weighted by atomic mass is 16.7. The maximum absolute atomic E-state index is 11.9. The molecule has 0 spiro atoms. The Bertz CT molecular complexity index is 639. The van der Waals surface area contributed by atoms with Crippen LogP contribution in [0.1, 0.15) is 29.3 Å². The fourth-order valence-electron chi connectivity index (χ4n) is 1.62. The minimum absolute atomic E-state index is 0.0874. The predicted molar refractivity (Wildman–Crippen MR) is 82.6 cm³/mol. The third-order valence-corrected chi connectivity index (χ3v) is 2.75. The maximum atomic E-state index is 11.9. The molecular formula is C16H17N3O3. The van der Waals surface area contributed by atoms with Gasteiger partial charge in [-0.15, -0.1) is 0 Å². The van der Waals surface area contributed by atoms with Crippen molar-refractivity contribution in [3.05, 3.63) is 59.9 Å². The van der Waals surface area contributed by atoms with Gasteiger partial charge in [-0.3, -0.25) is 4.98 Å². The first-order chi connectivity index (χ1) is 10.7. The monoisotopic (exact) mass is 299 g/mol. The summed E-state index contributed by atoms with van der Waals surface area (Å²) in [5.41, 5.74) is 6.66. The Morgan fingerprint density at radius 2 is 2.00 bits per heavy atom. The fraction of sp³-hybridized carbons (Fsp3) is 0.188. The second kappa shape index (κ2) is 7.78. The topological polar surface area (TPSA) is 86.8 Å². The number of oxime groups is 1. The number of nitrogens with zero attached hydrogens (tertiary/aromatic N) is 2. The number of benzene rings is 1. The summed E-state index contributed by atoms with van der Waals surface area (Å²) in [5.74, 6) is 0.204. The standard InChI is InChI=1S/C16H17N3O3/c1-2-10-21-14-7-5-12(6-8-14)16(20)22-19-15(17)13-4-3-9-18-11-13/h3-9,11H,2,10H2,1H3,(H2,17,19). The molecule has 0 fully saturated rings. The first-order valence-corrected chi connectivity index (χ1v) is 6.88. The summed E-state index contributed by atoms with van der Waals surface area (Å²) in [6.07, 6.45) is 4.07. The number of nitrogens with two attached hydrogens (primary N) is 1. The van der Waals surface area contributed by atoms with Crippen LogP contribution in [0.25, 0.3) is 0 Å². The second-order valence-electron chi connectivity index (χ2n) is 4.47. The highest BCUT2D eigenvalue weighted by Crippen LogP contribution is 2.13. The van der Waals surface area contributed by atoms with Crippen molar-refractivity contribution in [3.63, 3.8) is 0 Å². The van der Waals surface area contributed by atoms with E-state index in [0.29, 0.717) is 23.5 Å². The number of pyridine rings is 1. The zero-order valence-corrected chi connectivity index (χ0v) is 12.2. The Kier molecular flexibility index (Phi) is 5.48. The summed E-state index contributed by atoms with van der Waals surface area (Å²) in [6.45, 7) is 2.66. The van der Waals surface area contributed by atoms with Crippen LogP contribution in [0, 0.1) is 0 Å². The molecule has 1 aromatic heterocycles. The molecular weight excluding hydrogens is 282 g/mol. The molecule has 0 saturated carbocycles. The van der Waals surface area contributed by atoms with Gasteiger partial charge in [0.25, 0.3) is 0 Å². The van der Waals surface area contributed by atoms with E-state index in [1.54, 1.807) is 42.6 Å². The van der Waals surface area contributed by atoms with Crippen molar-refractivity contribution in [2.75, 3.05) is 6.61 Å². The van der Waals surface area contributed by atoms with Gasteiger partial charge in [-0.05, 0) is 42.8 Å². The molecule has 0 aliphatic carbocycles. The number of hydrogen-bond acceptors (Lipinski definition) is 5. The van der Waals surface area contributed by atoms with Gasteiger partial charge in [0.2, 0.25) is 0 Å². The Labute approximate surface area is 128 Å². The number of carbonyl (C=O) groups is 1. The van der Waals surface area contributed by atoms with Crippen LogP contribution in [-0.2, 0) is 4.84 Å². The molecule has 0 bridgehead atoms. The number of rotatable bonds is 6. The zero-order chi connectivity index (χ0) is 15.8. The molecule has 6 heteroatoms. The molecule has 2 rings (SSSR count). The Hall–Kier alpha value is -2.89. The van der Waals surface area contributed by atoms with Gasteiger partial charge in [-0.25, -0.2) is 4.79 Å². The largest absolute Gasteiger partial charge is 0.494 e. The lowest BCUT2D eigenvalue weighted by Crippen LogP contribution is -2.15. The van der Waals surface area contributed by atoms with Crippen molar-refractivity contribution in [3.8, 4) is 5.75 Å². The van der Waals surface area contributed by atoms with Crippen molar-refractivity contribution < 1.29 is 14.4 Å². The molecule has 22 heavy (non-hydrogen) atoms. The van der Waals surface area contributed by atoms with Gasteiger partial charge in [0, 0.05) is 18.0 Å². The molecule has 0 saturated heterocycles. The van der Waals surface area contributed by atoms with E-state index >= 15 is 0 Å². The smallest absolute Gasteiger partial charge is 0.365 e. The molecule has 2 N–H and O–H groups in total. The molecule has 0 unspecified atom stereocenters. The summed E-state index contributed by atoms with van der Waals surface area (Å²) in [7, 11) is 0. The van der Waals surface area contributed by atoms with E-state index in [0.717, 1.165) is 6.42 Å². The fourth-order valence-corrected chi connectivity index (χ4v) is 1.62. The van der Waals surface area contributed by atoms with Gasteiger partial charge in [0.1, 0.15) is 5.75 Å². The lowest BCUT2D eigenvalue weighted by molar-refractivity contribution is 0.0516. The van der Waals surface area contributed by atoms with E-state index in [9.17, 15) is 4.79 Å². The Balaban J connectivity index is 1.97. The van der Waals surface area contributed by atoms with Crippen LogP contribution < -0.4 is 10.5 Å². The van der Waals surface area contributed by atoms with Crippen molar-refractivity contribution in [1.29, 1.82) is 0 Å². The average molecular weight is 299 g/mol. The van der Waals surface area contributed by atoms with Crippen LogP contribution in [0.15, 0.2) is 53.9 Å². The number of amidine groups is 1. The minimum atomic E-state index is -0.589. The van der Waals surface area contributed by atoms with Crippen molar-refractivity contribution in [1.82, 2.24) is 4.98 Å². The number of ether oxygens (including phenoxy) is 1. The molecule has 114 valence electrons. The second-order valence-corrected chi connectivity index (χ2v) is 4.47. The summed E-state index contributed by atoms with van der Waals surface area (Å²) >= 11 is 0. The van der Waals surface area contributed by atoms with Crippen molar-refractivity contribution in [2.45, 2.75) is 13.3 Å². The van der Waals surface area contributed by atoms with Crippen LogP contribution in [-0.4, -0.2) is 23.4 Å². The van der Waals surface area contributed by atoms with Crippen LogP contribution in [0.4, 0.5) is 0 Å². The molecule has 0 aliphatic heterocycles. The summed E-state index contributed by atoms with van der Waals surface area (Å²) in [6, 6.07) is 10.1. The van der Waals surface area contributed by atoms with E-state index in [4.69, 9.17) is 15.3 Å². The molecule has 0 amide bonds. The SMILES string of the molecule is CCCOc1ccc(C(=O)O/N=C(/N)c2cccnc2)cc1. The third kappa shape index (κ3) is 4.31. The quantitative estimate of drug-likeness (QED) is 0.383. The van der Waals surface area contributed by atoms with Crippen molar-refractivity contribution >= 4 is 11.8 Å². The molecule has 0 atom stereocenters. The molecule has 6 nitrogen and oxygen atoms in total. The van der Waals surface area contributed by atoms with E-state index in [2.05, 4.69) is 10.1 Å². The Morgan fingerprint density at radius 1 is 1.23 bits per heavy atom. The van der Waals surface area contributed by atoms with Gasteiger partial charge >= 0.3 is 5.97 Å². The molecule has 1 aromatic carbocycles. The first-order valence-electron chi connectivity index (χ1n) is 6.88. The third-order valence-electron chi connectivity index (χ3n) is 2.75. The minimum Gasteiger partial charge on any atom is -0.494 e. The van der Waals surface area contributed by atoms with Gasteiger partial charge in [0.05, 0.1) is 12.2 Å². The van der Waals surface area contributed by atoms with Gasteiger partial charge < -0.3 is 15.3 Å². The maximum Gasteiger partial charge on any atom is 0.365 e. The van der Waals surface area contributed by atoms with E-state index in [1.165, 1.54) is 6.20 Å². The van der Waals surface area contributed by atoms with E-state index in [1.807, 2.05) is 6.92 Å². The van der Waals surface area contributed by atoms with Gasteiger partial charge in [0.15, 0.2) is 5.84 Å². The lowest BCUT2D eigenvalue weighted by atomic mass is 10.2. The average Bonchev–Trinajstić information content (AvgIpc) is 2.58. The molecule has 2 aromatic rings. The Morgan fingerprint density at radius 3 is 2.64 bits per heavy atom. The van der Waals surface area contributed by atoms with Gasteiger partial charge in [-0.2, -0.15) is 0 Å². The zero-order valence-electron chi connectivity index (χ0n) is 12.2. The normalized spacial score (nSPS) is 11.0. The molecule has 1 heterocycles. The first kappa shape index (κ1) is 15.5. The summed E-state index contributed by atoms with van der Waals surface area (Å²) in [4.78, 5) is 20.6. The summed E-state index contributed by atoms with van der Waals surface area (Å²) < 4.78 is 5.44. The summed E-state index contributed by atoms with van der Waals surface area (Å²) in [5, 5.41) is 3.62. The highest BCUT2D eigenvalue weighted by molar-refractivity contribution is 5.97.